The standard InChI is InChI=1S/C17H26N2O3S2/c1-24(21,22)19-10-4-8-14(12-19)17(20)18-16(13-6-2-3-7-13)15-9-5-11-23-15/h5,9,11,13-14,16H,2-4,6-8,10,12H2,1H3,(H,18,20)/t14-,16+/m0/s1. The summed E-state index contributed by atoms with van der Waals surface area (Å²) in [6.45, 7) is 0.839. The number of hydrogen-bond acceptors (Lipinski definition) is 4. The van der Waals surface area contributed by atoms with Crippen molar-refractivity contribution in [3.63, 3.8) is 0 Å². The van der Waals surface area contributed by atoms with Gasteiger partial charge in [-0.25, -0.2) is 12.7 Å². The molecule has 1 N–H and O–H groups in total. The number of nitrogens with zero attached hydrogens (tertiary/aromatic N) is 1. The SMILES string of the molecule is CS(=O)(=O)N1CCC[C@H](C(=O)N[C@@H](c2cccs2)C2CCCC2)C1. The first-order valence-corrected chi connectivity index (χ1v) is 11.5. The zero-order valence-corrected chi connectivity index (χ0v) is 15.7. The number of piperidine rings is 1. The predicted octanol–water partition coefficient (Wildman–Crippen LogP) is 2.77. The number of amides is 1. The Labute approximate surface area is 148 Å². The number of rotatable bonds is 5. The summed E-state index contributed by atoms with van der Waals surface area (Å²) in [5.74, 6) is 0.271. The first kappa shape index (κ1) is 17.9. The summed E-state index contributed by atoms with van der Waals surface area (Å²) in [7, 11) is -3.22. The van der Waals surface area contributed by atoms with Crippen LogP contribution in [0.4, 0.5) is 0 Å². The van der Waals surface area contributed by atoms with Gasteiger partial charge in [-0.1, -0.05) is 18.9 Å². The first-order chi connectivity index (χ1) is 11.4. The van der Waals surface area contributed by atoms with Gasteiger partial charge in [0.15, 0.2) is 0 Å². The molecular formula is C17H26N2O3S2. The van der Waals surface area contributed by atoms with Gasteiger partial charge in [0.2, 0.25) is 15.9 Å². The van der Waals surface area contributed by atoms with E-state index in [0.717, 1.165) is 25.7 Å². The summed E-state index contributed by atoms with van der Waals surface area (Å²) in [4.78, 5) is 14.0. The van der Waals surface area contributed by atoms with Crippen molar-refractivity contribution in [3.8, 4) is 0 Å². The summed E-state index contributed by atoms with van der Waals surface area (Å²) >= 11 is 1.69. The van der Waals surface area contributed by atoms with Crippen LogP contribution in [0, 0.1) is 11.8 Å². The molecule has 134 valence electrons. The Balaban J connectivity index is 1.69. The van der Waals surface area contributed by atoms with E-state index in [4.69, 9.17) is 0 Å². The summed E-state index contributed by atoms with van der Waals surface area (Å²) < 4.78 is 25.0. The Morgan fingerprint density at radius 3 is 2.67 bits per heavy atom. The molecule has 1 amide bonds. The maximum atomic E-state index is 12.8. The van der Waals surface area contributed by atoms with Gasteiger partial charge >= 0.3 is 0 Å². The van der Waals surface area contributed by atoms with Crippen molar-refractivity contribution < 1.29 is 13.2 Å². The normalized spacial score (nSPS) is 24.8. The second kappa shape index (κ2) is 7.54. The quantitative estimate of drug-likeness (QED) is 0.867. The van der Waals surface area contributed by atoms with Crippen LogP contribution in [0.5, 0.6) is 0 Å². The molecular weight excluding hydrogens is 344 g/mol. The van der Waals surface area contributed by atoms with Crippen molar-refractivity contribution in [2.24, 2.45) is 11.8 Å². The molecule has 2 heterocycles. The minimum Gasteiger partial charge on any atom is -0.348 e. The molecule has 2 fully saturated rings. The Morgan fingerprint density at radius 1 is 1.29 bits per heavy atom. The summed E-state index contributed by atoms with van der Waals surface area (Å²) in [5, 5.41) is 5.30. The van der Waals surface area contributed by atoms with E-state index in [1.54, 1.807) is 11.3 Å². The molecule has 1 aromatic rings. The molecule has 3 rings (SSSR count). The fraction of sp³-hybridized carbons (Fsp3) is 0.706. The Bertz CT molecular complexity index is 651. The van der Waals surface area contributed by atoms with Crippen molar-refractivity contribution >= 4 is 27.3 Å². The number of carbonyl (C=O) groups excluding carboxylic acids is 1. The van der Waals surface area contributed by atoms with Crippen LogP contribution in [0.1, 0.15) is 49.4 Å². The van der Waals surface area contributed by atoms with E-state index in [1.165, 1.54) is 28.3 Å². The Hall–Kier alpha value is -0.920. The smallest absolute Gasteiger partial charge is 0.224 e. The van der Waals surface area contributed by atoms with Crippen LogP contribution in [-0.2, 0) is 14.8 Å². The lowest BCUT2D eigenvalue weighted by atomic mass is 9.94. The van der Waals surface area contributed by atoms with E-state index in [0.29, 0.717) is 19.0 Å². The fourth-order valence-corrected chi connectivity index (χ4v) is 5.69. The van der Waals surface area contributed by atoms with Gasteiger partial charge in [0.25, 0.3) is 0 Å². The Kier molecular flexibility index (Phi) is 5.62. The summed E-state index contributed by atoms with van der Waals surface area (Å²) in [6, 6.07) is 4.20. The van der Waals surface area contributed by atoms with Crippen LogP contribution in [0.25, 0.3) is 0 Å². The van der Waals surface area contributed by atoms with Crippen molar-refractivity contribution in [2.75, 3.05) is 19.3 Å². The average molecular weight is 371 g/mol. The van der Waals surface area contributed by atoms with E-state index < -0.39 is 10.0 Å². The van der Waals surface area contributed by atoms with Crippen LogP contribution >= 0.6 is 11.3 Å². The van der Waals surface area contributed by atoms with E-state index in [9.17, 15) is 13.2 Å². The van der Waals surface area contributed by atoms with Crippen molar-refractivity contribution in [1.29, 1.82) is 0 Å². The average Bonchev–Trinajstić information content (AvgIpc) is 3.25. The highest BCUT2D eigenvalue weighted by atomic mass is 32.2. The largest absolute Gasteiger partial charge is 0.348 e. The van der Waals surface area contributed by atoms with E-state index in [2.05, 4.69) is 16.8 Å². The number of sulfonamides is 1. The Morgan fingerprint density at radius 2 is 2.04 bits per heavy atom. The van der Waals surface area contributed by atoms with E-state index in [-0.39, 0.29) is 17.9 Å². The van der Waals surface area contributed by atoms with Gasteiger partial charge in [0.1, 0.15) is 0 Å². The minimum absolute atomic E-state index is 0.00801. The monoisotopic (exact) mass is 370 g/mol. The molecule has 1 saturated heterocycles. The van der Waals surface area contributed by atoms with Gasteiger partial charge in [-0.2, -0.15) is 0 Å². The minimum atomic E-state index is -3.22. The zero-order valence-electron chi connectivity index (χ0n) is 14.1. The van der Waals surface area contributed by atoms with Crippen LogP contribution in [0.15, 0.2) is 17.5 Å². The van der Waals surface area contributed by atoms with Crippen molar-refractivity contribution in [2.45, 2.75) is 44.6 Å². The third kappa shape index (κ3) is 4.18. The molecule has 24 heavy (non-hydrogen) atoms. The second-order valence-electron chi connectivity index (χ2n) is 7.01. The van der Waals surface area contributed by atoms with Crippen LogP contribution < -0.4 is 5.32 Å². The van der Waals surface area contributed by atoms with E-state index >= 15 is 0 Å². The van der Waals surface area contributed by atoms with Crippen molar-refractivity contribution in [3.05, 3.63) is 22.4 Å². The highest BCUT2D eigenvalue weighted by molar-refractivity contribution is 7.88. The van der Waals surface area contributed by atoms with Gasteiger partial charge in [0, 0.05) is 18.0 Å². The van der Waals surface area contributed by atoms with Gasteiger partial charge < -0.3 is 5.32 Å². The van der Waals surface area contributed by atoms with Crippen LogP contribution in [-0.4, -0.2) is 38.0 Å². The molecule has 0 radical (unpaired) electrons. The maximum absolute atomic E-state index is 12.8. The predicted molar refractivity (Wildman–Crippen MR) is 96.3 cm³/mol. The lowest BCUT2D eigenvalue weighted by Crippen LogP contribution is -2.46. The molecule has 2 atom stereocenters. The van der Waals surface area contributed by atoms with Crippen molar-refractivity contribution in [1.82, 2.24) is 9.62 Å². The van der Waals surface area contributed by atoms with Gasteiger partial charge in [-0.3, -0.25) is 4.79 Å². The molecule has 5 nitrogen and oxygen atoms in total. The number of carbonyl (C=O) groups is 1. The summed E-state index contributed by atoms with van der Waals surface area (Å²) in [6.07, 6.45) is 7.51. The second-order valence-corrected chi connectivity index (χ2v) is 9.97. The highest BCUT2D eigenvalue weighted by Crippen LogP contribution is 2.37. The summed E-state index contributed by atoms with van der Waals surface area (Å²) in [5.41, 5.74) is 0. The third-order valence-electron chi connectivity index (χ3n) is 5.24. The highest BCUT2D eigenvalue weighted by Gasteiger charge is 2.34. The first-order valence-electron chi connectivity index (χ1n) is 8.74. The molecule has 1 aliphatic heterocycles. The molecule has 7 heteroatoms. The van der Waals surface area contributed by atoms with Gasteiger partial charge in [-0.05, 0) is 43.0 Å². The molecule has 1 saturated carbocycles. The molecule has 1 aliphatic carbocycles. The molecule has 0 spiro atoms. The van der Waals surface area contributed by atoms with Gasteiger partial charge in [-0.15, -0.1) is 11.3 Å². The van der Waals surface area contributed by atoms with Crippen LogP contribution in [0.3, 0.4) is 0 Å². The zero-order chi connectivity index (χ0) is 17.2. The third-order valence-corrected chi connectivity index (χ3v) is 7.47. The fourth-order valence-electron chi connectivity index (χ4n) is 3.91. The molecule has 0 aromatic carbocycles. The lowest BCUT2D eigenvalue weighted by molar-refractivity contribution is -0.127. The maximum Gasteiger partial charge on any atom is 0.224 e. The lowest BCUT2D eigenvalue weighted by Gasteiger charge is -2.32. The molecule has 0 bridgehead atoms. The topological polar surface area (TPSA) is 66.5 Å². The number of nitrogens with one attached hydrogen (secondary N) is 1. The number of thiophene rings is 1. The molecule has 0 unspecified atom stereocenters. The molecule has 2 aliphatic rings. The van der Waals surface area contributed by atoms with Crippen LogP contribution in [0.2, 0.25) is 0 Å². The van der Waals surface area contributed by atoms with E-state index in [1.807, 2.05) is 6.07 Å². The molecule has 1 aromatic heterocycles. The number of hydrogen-bond donors (Lipinski definition) is 1. The van der Waals surface area contributed by atoms with Gasteiger partial charge in [0.05, 0.1) is 18.2 Å².